The summed E-state index contributed by atoms with van der Waals surface area (Å²) in [6.45, 7) is 0.417. The molecule has 0 aromatic carbocycles. The molecule has 1 saturated heterocycles. The first kappa shape index (κ1) is 7.77. The van der Waals surface area contributed by atoms with Gasteiger partial charge in [-0.2, -0.15) is 0 Å². The minimum absolute atomic E-state index is 0.221. The Kier molecular flexibility index (Phi) is 2.47. The third-order valence-electron chi connectivity index (χ3n) is 1.22. The molecule has 1 amide bonds. The predicted molar refractivity (Wildman–Crippen MR) is 41.9 cm³/mol. The monoisotopic (exact) mass is 255 g/mol. The van der Waals surface area contributed by atoms with Gasteiger partial charge in [0, 0.05) is 29.0 Å². The maximum atomic E-state index is 10.7. The van der Waals surface area contributed by atoms with E-state index in [4.69, 9.17) is 0 Å². The van der Waals surface area contributed by atoms with Gasteiger partial charge in [0.15, 0.2) is 0 Å². The second-order valence-electron chi connectivity index (χ2n) is 1.93. The predicted octanol–water partition coefficient (Wildman–Crippen LogP) is 0.447. The van der Waals surface area contributed by atoms with Crippen LogP contribution in [0.4, 0.5) is 4.79 Å². The van der Waals surface area contributed by atoms with Gasteiger partial charge in [-0.3, -0.25) is 4.79 Å². The summed E-state index contributed by atoms with van der Waals surface area (Å²) in [5, 5.41) is 2.46. The lowest BCUT2D eigenvalue weighted by atomic mass is 10.3. The summed E-state index contributed by atoms with van der Waals surface area (Å²) < 4.78 is 4.39. The van der Waals surface area contributed by atoms with Crippen molar-refractivity contribution in [2.45, 2.75) is 12.5 Å². The lowest BCUT2D eigenvalue weighted by molar-refractivity contribution is -0.139. The lowest BCUT2D eigenvalue weighted by Gasteiger charge is -2.02. The van der Waals surface area contributed by atoms with Crippen LogP contribution in [-0.4, -0.2) is 22.5 Å². The third kappa shape index (κ3) is 1.83. The minimum atomic E-state index is -0.413. The highest BCUT2D eigenvalue weighted by Crippen LogP contribution is 2.06. The molecule has 1 fully saturated rings. The number of ether oxygens (including phenoxy) is 1. The van der Waals surface area contributed by atoms with E-state index in [1.165, 1.54) is 0 Å². The normalized spacial score (nSPS) is 24.1. The van der Waals surface area contributed by atoms with E-state index in [1.54, 1.807) is 22.6 Å². The van der Waals surface area contributed by atoms with Gasteiger partial charge >= 0.3 is 5.97 Å². The summed E-state index contributed by atoms with van der Waals surface area (Å²) >= 11 is 1.58. The molecule has 1 aliphatic rings. The van der Waals surface area contributed by atoms with Crippen LogP contribution in [0, 0.1) is 0 Å². The van der Waals surface area contributed by atoms with Gasteiger partial charge in [-0.05, 0) is 0 Å². The number of rotatable bonds is 1. The second kappa shape index (κ2) is 3.18. The van der Waals surface area contributed by atoms with Crippen molar-refractivity contribution in [1.82, 2.24) is 5.32 Å². The molecule has 4 nitrogen and oxygen atoms in total. The maximum Gasteiger partial charge on any atom is 0.328 e. The van der Waals surface area contributed by atoms with Crippen molar-refractivity contribution in [3.63, 3.8) is 0 Å². The van der Waals surface area contributed by atoms with Gasteiger partial charge < -0.3 is 10.1 Å². The van der Waals surface area contributed by atoms with Crippen LogP contribution < -0.4 is 5.32 Å². The van der Waals surface area contributed by atoms with Gasteiger partial charge in [0.25, 0.3) is 3.91 Å². The van der Waals surface area contributed by atoms with Crippen molar-refractivity contribution in [3.05, 3.63) is 0 Å². The Morgan fingerprint density at radius 3 is 2.90 bits per heavy atom. The average Bonchev–Trinajstić information content (AvgIpc) is 2.15. The highest BCUT2D eigenvalue weighted by molar-refractivity contribution is 14.1. The smallest absolute Gasteiger partial charge is 0.328 e. The lowest BCUT2D eigenvalue weighted by Crippen LogP contribution is -2.34. The highest BCUT2D eigenvalue weighted by atomic mass is 127. The van der Waals surface area contributed by atoms with Crippen molar-refractivity contribution in [3.8, 4) is 0 Å². The number of amides is 1. The molecule has 0 radical (unpaired) electrons. The summed E-state index contributed by atoms with van der Waals surface area (Å²) in [7, 11) is 0. The zero-order chi connectivity index (χ0) is 7.56. The average molecular weight is 255 g/mol. The van der Waals surface area contributed by atoms with Gasteiger partial charge in [0.1, 0.15) is 6.04 Å². The molecule has 0 aromatic heterocycles. The molecule has 0 spiro atoms. The molecule has 1 atom stereocenters. The van der Waals surface area contributed by atoms with Crippen molar-refractivity contribution in [1.29, 1.82) is 0 Å². The van der Waals surface area contributed by atoms with E-state index in [-0.39, 0.29) is 9.88 Å². The fourth-order valence-electron chi connectivity index (χ4n) is 0.764. The second-order valence-corrected chi connectivity index (χ2v) is 2.91. The highest BCUT2D eigenvalue weighted by Gasteiger charge is 2.26. The molecule has 0 aliphatic carbocycles. The van der Waals surface area contributed by atoms with Crippen LogP contribution in [0.3, 0.4) is 0 Å². The van der Waals surface area contributed by atoms with Crippen LogP contribution >= 0.6 is 22.6 Å². The fraction of sp³-hybridized carbons (Fsp3) is 0.600. The number of nitrogens with one attached hydrogen (secondary N) is 1. The Morgan fingerprint density at radius 1 is 1.80 bits per heavy atom. The Labute approximate surface area is 71.4 Å². The van der Waals surface area contributed by atoms with Crippen molar-refractivity contribution >= 4 is 32.5 Å². The number of cyclic esters (lactones) is 1. The first-order valence-corrected chi connectivity index (χ1v) is 3.90. The molecule has 0 saturated carbocycles. The number of halogens is 1. The van der Waals surface area contributed by atoms with Crippen molar-refractivity contribution in [2.75, 3.05) is 6.61 Å². The molecule has 1 unspecified atom stereocenters. The molecule has 5 heteroatoms. The number of carbonyl (C=O) groups is 2. The molecule has 0 aromatic rings. The van der Waals surface area contributed by atoms with Gasteiger partial charge in [-0.1, -0.05) is 0 Å². The van der Waals surface area contributed by atoms with Crippen molar-refractivity contribution < 1.29 is 14.3 Å². The van der Waals surface area contributed by atoms with E-state index in [2.05, 4.69) is 10.1 Å². The molecular weight excluding hydrogens is 249 g/mol. The van der Waals surface area contributed by atoms with E-state index < -0.39 is 6.04 Å². The van der Waals surface area contributed by atoms with E-state index in [1.807, 2.05) is 0 Å². The number of esters is 1. The molecule has 1 rings (SSSR count). The van der Waals surface area contributed by atoms with Gasteiger partial charge in [0.2, 0.25) is 0 Å². The fourth-order valence-corrected chi connectivity index (χ4v) is 1.14. The molecule has 10 heavy (non-hydrogen) atoms. The van der Waals surface area contributed by atoms with Crippen LogP contribution in [0.2, 0.25) is 0 Å². The summed E-state index contributed by atoms with van der Waals surface area (Å²) in [6.07, 6.45) is 0.591. The molecule has 0 bridgehead atoms. The Morgan fingerprint density at radius 2 is 2.50 bits per heavy atom. The van der Waals surface area contributed by atoms with E-state index in [0.717, 1.165) is 0 Å². The Bertz CT molecular complexity index is 170. The van der Waals surface area contributed by atoms with Crippen LogP contribution in [0.1, 0.15) is 6.42 Å². The van der Waals surface area contributed by atoms with Gasteiger partial charge in [-0.15, -0.1) is 0 Å². The minimum Gasteiger partial charge on any atom is -0.464 e. The summed E-state index contributed by atoms with van der Waals surface area (Å²) in [5.41, 5.74) is 0. The third-order valence-corrected chi connectivity index (χ3v) is 1.53. The molecule has 1 N–H and O–H groups in total. The maximum absolute atomic E-state index is 10.7. The zero-order valence-electron chi connectivity index (χ0n) is 5.09. The topological polar surface area (TPSA) is 55.4 Å². The van der Waals surface area contributed by atoms with Crippen LogP contribution in [-0.2, 0) is 9.53 Å². The number of hydrogen-bond donors (Lipinski definition) is 1. The summed E-state index contributed by atoms with van der Waals surface area (Å²) in [4.78, 5) is 21.1. The number of hydrogen-bond acceptors (Lipinski definition) is 3. The van der Waals surface area contributed by atoms with Crippen LogP contribution in [0.5, 0.6) is 0 Å². The number of carbonyl (C=O) groups excluding carboxylic acids is 2. The van der Waals surface area contributed by atoms with Gasteiger partial charge in [0.05, 0.1) is 6.61 Å². The Balaban J connectivity index is 2.40. The van der Waals surface area contributed by atoms with Gasteiger partial charge in [-0.25, -0.2) is 4.79 Å². The van der Waals surface area contributed by atoms with E-state index in [0.29, 0.717) is 13.0 Å². The Hall–Kier alpha value is -0.330. The summed E-state index contributed by atoms with van der Waals surface area (Å²) in [6, 6.07) is -0.413. The SMILES string of the molecule is O=C(I)NC1CCOC1=O. The molecule has 1 aliphatic heterocycles. The first-order chi connectivity index (χ1) is 4.70. The standard InChI is InChI=1S/C5H6INO3/c6-5(9)7-3-1-2-10-4(3)8/h3H,1-2H2,(H,7,9). The van der Waals surface area contributed by atoms with Crippen LogP contribution in [0.15, 0.2) is 0 Å². The zero-order valence-corrected chi connectivity index (χ0v) is 7.25. The first-order valence-electron chi connectivity index (χ1n) is 2.83. The molecule has 56 valence electrons. The largest absolute Gasteiger partial charge is 0.464 e. The molecular formula is C5H6INO3. The van der Waals surface area contributed by atoms with Crippen LogP contribution in [0.25, 0.3) is 0 Å². The quantitative estimate of drug-likeness (QED) is 0.320. The van der Waals surface area contributed by atoms with E-state index >= 15 is 0 Å². The van der Waals surface area contributed by atoms with Crippen molar-refractivity contribution in [2.24, 2.45) is 0 Å². The summed E-state index contributed by atoms with van der Waals surface area (Å²) in [5.74, 6) is -0.329. The molecule has 1 heterocycles. The van der Waals surface area contributed by atoms with E-state index in [9.17, 15) is 9.59 Å².